The summed E-state index contributed by atoms with van der Waals surface area (Å²) in [6.45, 7) is 1.67. The SMILES string of the molecule is C=CC(=O)Nc1cc(Nc2ncnc(-c3cccc4cc[nH]c34)n2)c(OC(F)F)cc1N(C)CCN(C)C. The van der Waals surface area contributed by atoms with Gasteiger partial charge in [0, 0.05) is 43.4 Å². The average molecular weight is 523 g/mol. The van der Waals surface area contributed by atoms with Crippen LogP contribution in [0.4, 0.5) is 31.8 Å². The first-order valence-electron chi connectivity index (χ1n) is 11.7. The maximum Gasteiger partial charge on any atom is 0.387 e. The van der Waals surface area contributed by atoms with E-state index in [2.05, 4.69) is 37.1 Å². The van der Waals surface area contributed by atoms with Crippen molar-refractivity contribution in [1.82, 2.24) is 24.8 Å². The van der Waals surface area contributed by atoms with Gasteiger partial charge in [0.2, 0.25) is 11.9 Å². The van der Waals surface area contributed by atoms with E-state index in [9.17, 15) is 13.6 Å². The Labute approximate surface area is 218 Å². The number of halogens is 2. The highest BCUT2D eigenvalue weighted by Crippen LogP contribution is 2.39. The molecule has 10 nitrogen and oxygen atoms in total. The quantitative estimate of drug-likeness (QED) is 0.247. The number of alkyl halides is 2. The number of hydrogen-bond donors (Lipinski definition) is 3. The topological polar surface area (TPSA) is 111 Å². The van der Waals surface area contributed by atoms with Gasteiger partial charge in [0.1, 0.15) is 6.33 Å². The molecular weight excluding hydrogens is 494 g/mol. The molecule has 0 radical (unpaired) electrons. The molecule has 0 aliphatic heterocycles. The summed E-state index contributed by atoms with van der Waals surface area (Å²) in [7, 11) is 5.64. The minimum Gasteiger partial charge on any atom is -0.433 e. The van der Waals surface area contributed by atoms with E-state index in [4.69, 9.17) is 4.74 Å². The van der Waals surface area contributed by atoms with E-state index < -0.39 is 12.5 Å². The van der Waals surface area contributed by atoms with Crippen LogP contribution in [0.2, 0.25) is 0 Å². The molecule has 2 heterocycles. The maximum absolute atomic E-state index is 13.4. The summed E-state index contributed by atoms with van der Waals surface area (Å²) in [4.78, 5) is 32.1. The minimum atomic E-state index is -3.08. The van der Waals surface area contributed by atoms with Gasteiger partial charge in [-0.1, -0.05) is 18.7 Å². The number of amides is 1. The van der Waals surface area contributed by atoms with Gasteiger partial charge < -0.3 is 30.2 Å². The highest BCUT2D eigenvalue weighted by atomic mass is 19.3. The van der Waals surface area contributed by atoms with Gasteiger partial charge in [0.15, 0.2) is 11.6 Å². The van der Waals surface area contributed by atoms with Crippen LogP contribution in [0.1, 0.15) is 0 Å². The number of ether oxygens (including phenoxy) is 1. The predicted molar refractivity (Wildman–Crippen MR) is 144 cm³/mol. The highest BCUT2D eigenvalue weighted by Gasteiger charge is 2.19. The second-order valence-corrected chi connectivity index (χ2v) is 8.67. The summed E-state index contributed by atoms with van der Waals surface area (Å²) in [6.07, 6.45) is 4.27. The third-order valence-electron chi connectivity index (χ3n) is 5.70. The molecular formula is C26H28F2N8O2. The molecule has 12 heteroatoms. The maximum atomic E-state index is 13.4. The molecule has 4 rings (SSSR count). The van der Waals surface area contributed by atoms with Crippen LogP contribution in [0.15, 0.2) is 61.6 Å². The van der Waals surface area contributed by atoms with Crippen molar-refractivity contribution in [2.45, 2.75) is 6.61 Å². The van der Waals surface area contributed by atoms with Crippen molar-refractivity contribution in [3.63, 3.8) is 0 Å². The Morgan fingerprint density at radius 3 is 2.71 bits per heavy atom. The molecule has 0 aliphatic carbocycles. The number of nitrogens with one attached hydrogen (secondary N) is 3. The molecule has 0 bridgehead atoms. The standard InChI is InChI=1S/C26H28F2N8O2/c1-5-22(37)32-18-13-19(21(38-25(27)28)14-20(18)36(4)12-11-35(2)3)33-26-31-15-30-24(34-26)17-8-6-7-16-9-10-29-23(16)17/h5-10,13-15,25,29H,1,11-12H2,2-4H3,(H,32,37)(H,30,31,33,34). The number of likely N-dealkylation sites (N-methyl/N-ethyl adjacent to an activating group) is 2. The number of carbonyl (C=O) groups excluding carboxylic acids is 1. The normalized spacial score (nSPS) is 11.1. The Kier molecular flexibility index (Phi) is 8.12. The van der Waals surface area contributed by atoms with Crippen LogP contribution in [-0.4, -0.2) is 71.6 Å². The van der Waals surface area contributed by atoms with E-state index in [0.29, 0.717) is 30.3 Å². The number of para-hydroxylation sites is 1. The molecule has 0 spiro atoms. The van der Waals surface area contributed by atoms with E-state index in [1.807, 2.05) is 54.4 Å². The lowest BCUT2D eigenvalue weighted by atomic mass is 10.1. The zero-order valence-corrected chi connectivity index (χ0v) is 21.2. The highest BCUT2D eigenvalue weighted by molar-refractivity contribution is 6.02. The van der Waals surface area contributed by atoms with Gasteiger partial charge in [-0.15, -0.1) is 0 Å². The molecule has 0 fully saturated rings. The number of hydrogen-bond acceptors (Lipinski definition) is 8. The zero-order valence-electron chi connectivity index (χ0n) is 21.2. The Bertz CT molecular complexity index is 1440. The van der Waals surface area contributed by atoms with Crippen molar-refractivity contribution in [3.8, 4) is 17.1 Å². The molecule has 2 aromatic carbocycles. The van der Waals surface area contributed by atoms with Crippen LogP contribution >= 0.6 is 0 Å². The van der Waals surface area contributed by atoms with Gasteiger partial charge in [-0.05, 0) is 38.4 Å². The van der Waals surface area contributed by atoms with Crippen molar-refractivity contribution in [3.05, 3.63) is 61.6 Å². The number of aromatic amines is 1. The average Bonchev–Trinajstić information content (AvgIpc) is 3.37. The molecule has 4 aromatic rings. The van der Waals surface area contributed by atoms with Crippen molar-refractivity contribution < 1.29 is 18.3 Å². The Morgan fingerprint density at radius 2 is 1.97 bits per heavy atom. The first-order chi connectivity index (χ1) is 18.2. The third kappa shape index (κ3) is 6.21. The van der Waals surface area contributed by atoms with Gasteiger partial charge in [-0.2, -0.15) is 13.8 Å². The fourth-order valence-electron chi connectivity index (χ4n) is 3.81. The fraction of sp³-hybridized carbons (Fsp3) is 0.231. The van der Waals surface area contributed by atoms with Crippen molar-refractivity contribution in [2.75, 3.05) is 49.8 Å². The lowest BCUT2D eigenvalue weighted by Crippen LogP contribution is -2.29. The number of nitrogens with zero attached hydrogens (tertiary/aromatic N) is 5. The molecule has 0 unspecified atom stereocenters. The number of carbonyl (C=O) groups is 1. The van der Waals surface area contributed by atoms with Crippen LogP contribution in [0.3, 0.4) is 0 Å². The molecule has 38 heavy (non-hydrogen) atoms. The van der Waals surface area contributed by atoms with E-state index in [-0.39, 0.29) is 17.4 Å². The molecule has 198 valence electrons. The second-order valence-electron chi connectivity index (χ2n) is 8.67. The van der Waals surface area contributed by atoms with Crippen LogP contribution in [0.5, 0.6) is 5.75 Å². The monoisotopic (exact) mass is 522 g/mol. The number of benzene rings is 2. The fourth-order valence-corrected chi connectivity index (χ4v) is 3.81. The van der Waals surface area contributed by atoms with Gasteiger partial charge in [0.05, 0.1) is 22.6 Å². The van der Waals surface area contributed by atoms with Gasteiger partial charge >= 0.3 is 6.61 Å². The Hall–Kier alpha value is -4.58. The summed E-state index contributed by atoms with van der Waals surface area (Å²) in [5.74, 6) is -0.113. The molecule has 1 amide bonds. The molecule has 0 saturated carbocycles. The third-order valence-corrected chi connectivity index (χ3v) is 5.70. The van der Waals surface area contributed by atoms with Gasteiger partial charge in [-0.3, -0.25) is 4.79 Å². The Morgan fingerprint density at radius 1 is 1.16 bits per heavy atom. The lowest BCUT2D eigenvalue weighted by molar-refractivity contribution is -0.111. The second kappa shape index (κ2) is 11.6. The zero-order chi connectivity index (χ0) is 27.2. The first kappa shape index (κ1) is 26.5. The van der Waals surface area contributed by atoms with Gasteiger partial charge in [-0.25, -0.2) is 9.97 Å². The minimum absolute atomic E-state index is 0.104. The van der Waals surface area contributed by atoms with Gasteiger partial charge in [0.25, 0.3) is 0 Å². The van der Waals surface area contributed by atoms with E-state index in [1.165, 1.54) is 18.5 Å². The number of H-pyrrole nitrogens is 1. The van der Waals surface area contributed by atoms with Crippen LogP contribution < -0.4 is 20.3 Å². The summed E-state index contributed by atoms with van der Waals surface area (Å²) in [5, 5.41) is 6.67. The molecule has 0 atom stereocenters. The van der Waals surface area contributed by atoms with Crippen LogP contribution in [-0.2, 0) is 4.79 Å². The molecule has 0 saturated heterocycles. The number of anilines is 4. The summed E-state index contributed by atoms with van der Waals surface area (Å²) < 4.78 is 31.6. The molecule has 2 aromatic heterocycles. The molecule has 3 N–H and O–H groups in total. The largest absolute Gasteiger partial charge is 0.433 e. The van der Waals surface area contributed by atoms with Crippen LogP contribution in [0, 0.1) is 0 Å². The number of rotatable bonds is 11. The number of fused-ring (bicyclic) bond motifs is 1. The van der Waals surface area contributed by atoms with Crippen molar-refractivity contribution in [2.24, 2.45) is 0 Å². The molecule has 0 aliphatic rings. The van der Waals surface area contributed by atoms with Crippen molar-refractivity contribution >= 4 is 39.8 Å². The first-order valence-corrected chi connectivity index (χ1v) is 11.7. The van der Waals surface area contributed by atoms with E-state index >= 15 is 0 Å². The predicted octanol–water partition coefficient (Wildman–Crippen LogP) is 4.49. The number of aromatic nitrogens is 4. The van der Waals surface area contributed by atoms with E-state index in [0.717, 1.165) is 22.5 Å². The smallest absolute Gasteiger partial charge is 0.387 e. The summed E-state index contributed by atoms with van der Waals surface area (Å²) in [6, 6.07) is 10.6. The van der Waals surface area contributed by atoms with E-state index in [1.54, 1.807) is 7.05 Å². The Balaban J connectivity index is 1.74. The van der Waals surface area contributed by atoms with Crippen molar-refractivity contribution in [1.29, 1.82) is 0 Å². The van der Waals surface area contributed by atoms with Crippen LogP contribution in [0.25, 0.3) is 22.3 Å². The lowest BCUT2D eigenvalue weighted by Gasteiger charge is -2.26. The summed E-state index contributed by atoms with van der Waals surface area (Å²) in [5.41, 5.74) is 2.58. The summed E-state index contributed by atoms with van der Waals surface area (Å²) >= 11 is 0.